The smallest absolute Gasteiger partial charge is 0.229 e. The Morgan fingerprint density at radius 1 is 1.17 bits per heavy atom. The molecular formula is C28H34N6O. The van der Waals surface area contributed by atoms with Gasteiger partial charge >= 0.3 is 0 Å². The van der Waals surface area contributed by atoms with E-state index >= 15 is 0 Å². The molecule has 7 nitrogen and oxygen atoms in total. The summed E-state index contributed by atoms with van der Waals surface area (Å²) in [5, 5.41) is 1.21. The first kappa shape index (κ1) is 23.3. The van der Waals surface area contributed by atoms with Crippen molar-refractivity contribution in [1.29, 1.82) is 0 Å². The van der Waals surface area contributed by atoms with E-state index in [4.69, 9.17) is 10.7 Å². The molecule has 0 bridgehead atoms. The number of nitrogens with one attached hydrogen (secondary N) is 1. The second-order valence-corrected chi connectivity index (χ2v) is 9.75. The first-order valence-corrected chi connectivity index (χ1v) is 12.5. The molecule has 2 fully saturated rings. The van der Waals surface area contributed by atoms with Crippen molar-refractivity contribution in [3.63, 3.8) is 0 Å². The first-order chi connectivity index (χ1) is 17.1. The zero-order chi connectivity index (χ0) is 24.3. The van der Waals surface area contributed by atoms with Gasteiger partial charge in [-0.25, -0.2) is 0 Å². The molecule has 3 aromatic rings. The van der Waals surface area contributed by atoms with Crippen LogP contribution in [0.5, 0.6) is 0 Å². The lowest BCUT2D eigenvalue weighted by Crippen LogP contribution is -2.54. The summed E-state index contributed by atoms with van der Waals surface area (Å²) in [6.07, 6.45) is 12.8. The largest absolute Gasteiger partial charge is 0.405 e. The number of fused-ring (bicyclic) bond motifs is 1. The molecule has 2 aromatic heterocycles. The number of aromatic nitrogens is 2. The Balaban J connectivity index is 1.26. The summed E-state index contributed by atoms with van der Waals surface area (Å²) in [6, 6.07) is 12.2. The summed E-state index contributed by atoms with van der Waals surface area (Å²) in [4.78, 5) is 30.6. The molecule has 3 N–H and O–H groups in total. The van der Waals surface area contributed by atoms with Gasteiger partial charge in [0.25, 0.3) is 0 Å². The monoisotopic (exact) mass is 470 g/mol. The fourth-order valence-electron chi connectivity index (χ4n) is 5.67. The Morgan fingerprint density at radius 2 is 1.94 bits per heavy atom. The van der Waals surface area contributed by atoms with Gasteiger partial charge in [0.1, 0.15) is 0 Å². The molecule has 1 amide bonds. The standard InChI is InChI=1S/C28H34N6O/c1-21(32-25(7-13-29)22-8-14-30-15-9-22)33-17-11-28(12-18-33)10-4-16-34(27(28)35)20-23-19-31-26-6-3-2-5-24(23)26/h2-3,5-9,13-15,19,21,31H,4,10-12,16-18,20,29H2,1H3/b13-7-,32-25?. The molecule has 4 heterocycles. The summed E-state index contributed by atoms with van der Waals surface area (Å²) >= 11 is 0. The number of aliphatic imine (C=N–C) groups is 1. The van der Waals surface area contributed by atoms with Crippen molar-refractivity contribution in [3.05, 3.63) is 78.4 Å². The highest BCUT2D eigenvalue weighted by Gasteiger charge is 2.46. The molecule has 2 aliphatic rings. The molecule has 0 radical (unpaired) electrons. The van der Waals surface area contributed by atoms with Crippen LogP contribution in [0.4, 0.5) is 0 Å². The predicted octanol–water partition coefficient (Wildman–Crippen LogP) is 4.08. The topological polar surface area (TPSA) is 90.6 Å². The average Bonchev–Trinajstić information content (AvgIpc) is 3.30. The molecule has 1 unspecified atom stereocenters. The lowest BCUT2D eigenvalue weighted by molar-refractivity contribution is -0.151. The number of H-pyrrole nitrogens is 1. The van der Waals surface area contributed by atoms with E-state index < -0.39 is 0 Å². The number of nitrogens with two attached hydrogens (primary N) is 1. The molecule has 1 atom stereocenters. The zero-order valence-corrected chi connectivity index (χ0v) is 20.4. The highest BCUT2D eigenvalue weighted by molar-refractivity contribution is 6.08. The summed E-state index contributed by atoms with van der Waals surface area (Å²) in [5.74, 6) is 0.327. The van der Waals surface area contributed by atoms with Crippen LogP contribution in [0, 0.1) is 5.41 Å². The Morgan fingerprint density at radius 3 is 2.71 bits per heavy atom. The number of nitrogens with zero attached hydrogens (tertiary/aromatic N) is 4. The lowest BCUT2D eigenvalue weighted by Gasteiger charge is -2.47. The number of carbonyl (C=O) groups excluding carboxylic acids is 1. The van der Waals surface area contributed by atoms with E-state index in [1.807, 2.05) is 24.3 Å². The summed E-state index contributed by atoms with van der Waals surface area (Å²) in [6.45, 7) is 5.37. The van der Waals surface area contributed by atoms with Crippen LogP contribution < -0.4 is 5.73 Å². The highest BCUT2D eigenvalue weighted by Crippen LogP contribution is 2.42. The van der Waals surface area contributed by atoms with Crippen molar-refractivity contribution in [1.82, 2.24) is 19.8 Å². The van der Waals surface area contributed by atoms with Crippen LogP contribution in [0.1, 0.15) is 43.7 Å². The van der Waals surface area contributed by atoms with Crippen LogP contribution in [-0.4, -0.2) is 57.2 Å². The van der Waals surface area contributed by atoms with Gasteiger partial charge < -0.3 is 15.6 Å². The average molecular weight is 471 g/mol. The lowest BCUT2D eigenvalue weighted by atomic mass is 9.71. The Labute approximate surface area is 206 Å². The van der Waals surface area contributed by atoms with E-state index in [0.717, 1.165) is 62.1 Å². The summed E-state index contributed by atoms with van der Waals surface area (Å²) < 4.78 is 0. The molecule has 35 heavy (non-hydrogen) atoms. The molecule has 7 heteroatoms. The second-order valence-electron chi connectivity index (χ2n) is 9.75. The molecule has 0 saturated carbocycles. The minimum atomic E-state index is -0.241. The maximum Gasteiger partial charge on any atom is 0.229 e. The van der Waals surface area contributed by atoms with Crippen molar-refractivity contribution in [2.24, 2.45) is 16.1 Å². The van der Waals surface area contributed by atoms with Crippen LogP contribution in [0.2, 0.25) is 0 Å². The molecule has 5 rings (SSSR count). The van der Waals surface area contributed by atoms with Crippen molar-refractivity contribution in [3.8, 4) is 0 Å². The maximum atomic E-state index is 13.7. The predicted molar refractivity (Wildman–Crippen MR) is 140 cm³/mol. The third-order valence-electron chi connectivity index (χ3n) is 7.70. The number of para-hydroxylation sites is 1. The number of hydrogen-bond donors (Lipinski definition) is 2. The van der Waals surface area contributed by atoms with Crippen LogP contribution in [0.15, 0.2) is 72.3 Å². The fraction of sp³-hybridized carbons (Fsp3) is 0.393. The van der Waals surface area contributed by atoms with E-state index in [-0.39, 0.29) is 11.6 Å². The SMILES string of the molecule is CC(N=C(/C=C\N)c1ccncc1)N1CCC2(CCCN(Cc3c[nH]c4ccccc34)C2=O)CC1. The van der Waals surface area contributed by atoms with Crippen LogP contribution in [0.3, 0.4) is 0 Å². The van der Waals surface area contributed by atoms with Crippen molar-refractivity contribution < 1.29 is 4.79 Å². The summed E-state index contributed by atoms with van der Waals surface area (Å²) in [5.41, 5.74) is 9.61. The van der Waals surface area contributed by atoms with Crippen molar-refractivity contribution in [2.75, 3.05) is 19.6 Å². The number of hydrogen-bond acceptors (Lipinski definition) is 5. The third kappa shape index (κ3) is 4.73. The fourth-order valence-corrected chi connectivity index (χ4v) is 5.67. The normalized spacial score (nSPS) is 20.2. The number of rotatable bonds is 6. The highest BCUT2D eigenvalue weighted by atomic mass is 16.2. The molecular weight excluding hydrogens is 436 g/mol. The van der Waals surface area contributed by atoms with Crippen molar-refractivity contribution >= 4 is 22.5 Å². The van der Waals surface area contributed by atoms with E-state index in [9.17, 15) is 4.79 Å². The minimum Gasteiger partial charge on any atom is -0.405 e. The Hall–Kier alpha value is -3.45. The minimum absolute atomic E-state index is 0.00716. The third-order valence-corrected chi connectivity index (χ3v) is 7.70. The summed E-state index contributed by atoms with van der Waals surface area (Å²) in [7, 11) is 0. The van der Waals surface area contributed by atoms with Gasteiger partial charge in [0.05, 0.1) is 17.3 Å². The van der Waals surface area contributed by atoms with Crippen LogP contribution in [-0.2, 0) is 11.3 Å². The van der Waals surface area contributed by atoms with Gasteiger partial charge in [-0.1, -0.05) is 18.2 Å². The number of allylic oxidation sites excluding steroid dienone is 1. The van der Waals surface area contributed by atoms with E-state index in [1.165, 1.54) is 17.1 Å². The molecule has 182 valence electrons. The van der Waals surface area contributed by atoms with Gasteiger partial charge in [0.15, 0.2) is 0 Å². The second kappa shape index (κ2) is 10.0. The van der Waals surface area contributed by atoms with Crippen LogP contribution in [0.25, 0.3) is 10.9 Å². The number of benzene rings is 1. The molecule has 1 spiro atoms. The van der Waals surface area contributed by atoms with Gasteiger partial charge in [-0.2, -0.15) is 0 Å². The van der Waals surface area contributed by atoms with E-state index in [2.05, 4.69) is 51.1 Å². The quantitative estimate of drug-likeness (QED) is 0.531. The number of carbonyl (C=O) groups is 1. The number of pyridine rings is 1. The number of aromatic amines is 1. The molecule has 0 aliphatic carbocycles. The first-order valence-electron chi connectivity index (χ1n) is 12.5. The maximum absolute atomic E-state index is 13.7. The van der Waals surface area contributed by atoms with E-state index in [1.54, 1.807) is 12.4 Å². The van der Waals surface area contributed by atoms with Gasteiger partial charge in [-0.15, -0.1) is 0 Å². The number of piperidine rings is 2. The number of amides is 1. The number of likely N-dealkylation sites (tertiary alicyclic amines) is 2. The van der Waals surface area contributed by atoms with E-state index in [0.29, 0.717) is 12.5 Å². The molecule has 1 aromatic carbocycles. The van der Waals surface area contributed by atoms with Gasteiger partial charge in [-0.3, -0.25) is 19.7 Å². The van der Waals surface area contributed by atoms with Crippen molar-refractivity contribution in [2.45, 2.75) is 45.3 Å². The van der Waals surface area contributed by atoms with Gasteiger partial charge in [0.2, 0.25) is 5.91 Å². The molecule has 2 saturated heterocycles. The van der Waals surface area contributed by atoms with Gasteiger partial charge in [-0.05, 0) is 68.6 Å². The molecule has 2 aliphatic heterocycles. The van der Waals surface area contributed by atoms with Gasteiger partial charge in [0, 0.05) is 61.2 Å². The Bertz CT molecular complexity index is 1220. The zero-order valence-electron chi connectivity index (χ0n) is 20.4. The van der Waals surface area contributed by atoms with Crippen LogP contribution >= 0.6 is 0 Å². The Kier molecular flexibility index (Phi) is 6.68.